The molecule has 0 aliphatic heterocycles. The molecule has 1 N–H and O–H groups in total. The Kier molecular flexibility index (Phi) is 3.60. The van der Waals surface area contributed by atoms with E-state index in [0.717, 1.165) is 12.1 Å². The van der Waals surface area contributed by atoms with Crippen LogP contribution in [0, 0.1) is 6.92 Å². The number of benzene rings is 1. The van der Waals surface area contributed by atoms with Crippen LogP contribution in [0.15, 0.2) is 30.4 Å². The first kappa shape index (κ1) is 13.3. The van der Waals surface area contributed by atoms with Crippen molar-refractivity contribution in [2.24, 2.45) is 0 Å². The number of halogens is 3. The molecule has 17 heavy (non-hydrogen) atoms. The summed E-state index contributed by atoms with van der Waals surface area (Å²) >= 11 is 0. The SMILES string of the molecule is C=C(C)C(=O)Nc1cc(C(F)(F)F)ccc1C. The minimum atomic E-state index is -4.42. The predicted molar refractivity (Wildman–Crippen MR) is 59.6 cm³/mol. The van der Waals surface area contributed by atoms with Gasteiger partial charge in [0.1, 0.15) is 0 Å². The average Bonchev–Trinajstić information content (AvgIpc) is 2.19. The van der Waals surface area contributed by atoms with Crippen LogP contribution in [0.5, 0.6) is 0 Å². The van der Waals surface area contributed by atoms with E-state index in [4.69, 9.17) is 0 Å². The summed E-state index contributed by atoms with van der Waals surface area (Å²) in [7, 11) is 0. The monoisotopic (exact) mass is 243 g/mol. The Morgan fingerprint density at radius 3 is 2.41 bits per heavy atom. The summed E-state index contributed by atoms with van der Waals surface area (Å²) < 4.78 is 37.4. The van der Waals surface area contributed by atoms with Gasteiger partial charge in [-0.3, -0.25) is 4.79 Å². The van der Waals surface area contributed by atoms with Crippen molar-refractivity contribution < 1.29 is 18.0 Å². The number of aryl methyl sites for hydroxylation is 1. The van der Waals surface area contributed by atoms with Gasteiger partial charge in [0, 0.05) is 11.3 Å². The standard InChI is InChI=1S/C12H12F3NO/c1-7(2)11(17)16-10-6-9(12(13,14)15)5-4-8(10)3/h4-6H,1H2,2-3H3,(H,16,17). The fraction of sp³-hybridized carbons (Fsp3) is 0.250. The third-order valence-corrected chi connectivity index (χ3v) is 2.20. The van der Waals surface area contributed by atoms with Gasteiger partial charge in [-0.25, -0.2) is 0 Å². The number of alkyl halides is 3. The van der Waals surface area contributed by atoms with E-state index in [2.05, 4.69) is 11.9 Å². The van der Waals surface area contributed by atoms with Crippen molar-refractivity contribution >= 4 is 11.6 Å². The smallest absolute Gasteiger partial charge is 0.322 e. The second-order valence-corrected chi connectivity index (χ2v) is 3.76. The van der Waals surface area contributed by atoms with Crippen LogP contribution in [0.25, 0.3) is 0 Å². The summed E-state index contributed by atoms with van der Waals surface area (Å²) in [5.41, 5.74) is 0.155. The van der Waals surface area contributed by atoms with Gasteiger partial charge in [-0.2, -0.15) is 13.2 Å². The van der Waals surface area contributed by atoms with E-state index in [0.29, 0.717) is 5.56 Å². The van der Waals surface area contributed by atoms with Crippen LogP contribution in [-0.4, -0.2) is 5.91 Å². The largest absolute Gasteiger partial charge is 0.416 e. The van der Waals surface area contributed by atoms with Gasteiger partial charge < -0.3 is 5.32 Å². The first-order valence-corrected chi connectivity index (χ1v) is 4.86. The zero-order valence-corrected chi connectivity index (χ0v) is 9.48. The van der Waals surface area contributed by atoms with Gasteiger partial charge in [0.15, 0.2) is 0 Å². The molecule has 5 heteroatoms. The number of amides is 1. The van der Waals surface area contributed by atoms with Crippen LogP contribution in [0.1, 0.15) is 18.1 Å². The maximum absolute atomic E-state index is 12.5. The van der Waals surface area contributed by atoms with Crippen LogP contribution in [-0.2, 0) is 11.0 Å². The molecule has 1 aromatic rings. The molecular weight excluding hydrogens is 231 g/mol. The highest BCUT2D eigenvalue weighted by atomic mass is 19.4. The molecule has 0 unspecified atom stereocenters. The molecule has 0 aliphatic rings. The van der Waals surface area contributed by atoms with Crippen LogP contribution in [0.3, 0.4) is 0 Å². The molecule has 0 fully saturated rings. The third kappa shape index (κ3) is 3.34. The van der Waals surface area contributed by atoms with E-state index in [1.165, 1.54) is 13.0 Å². The highest BCUT2D eigenvalue weighted by Gasteiger charge is 2.30. The molecule has 0 saturated carbocycles. The molecular formula is C12H12F3NO. The van der Waals surface area contributed by atoms with Gasteiger partial charge >= 0.3 is 6.18 Å². The molecule has 1 aromatic carbocycles. The van der Waals surface area contributed by atoms with E-state index in [1.54, 1.807) is 6.92 Å². The molecule has 0 radical (unpaired) electrons. The normalized spacial score (nSPS) is 11.1. The Balaban J connectivity index is 3.07. The lowest BCUT2D eigenvalue weighted by atomic mass is 10.1. The topological polar surface area (TPSA) is 29.1 Å². The minimum Gasteiger partial charge on any atom is -0.322 e. The lowest BCUT2D eigenvalue weighted by Crippen LogP contribution is -2.14. The Morgan fingerprint density at radius 2 is 1.94 bits per heavy atom. The molecule has 0 spiro atoms. The summed E-state index contributed by atoms with van der Waals surface area (Å²) in [4.78, 5) is 11.3. The van der Waals surface area contributed by atoms with Crippen LogP contribution in [0.2, 0.25) is 0 Å². The lowest BCUT2D eigenvalue weighted by molar-refractivity contribution is -0.137. The Hall–Kier alpha value is -1.78. The number of hydrogen-bond donors (Lipinski definition) is 1. The van der Waals surface area contributed by atoms with Crippen molar-refractivity contribution in [3.05, 3.63) is 41.5 Å². The van der Waals surface area contributed by atoms with Gasteiger partial charge in [-0.1, -0.05) is 12.6 Å². The number of carbonyl (C=O) groups is 1. The molecule has 0 atom stereocenters. The maximum Gasteiger partial charge on any atom is 0.416 e. The third-order valence-electron chi connectivity index (χ3n) is 2.20. The van der Waals surface area contributed by atoms with E-state index < -0.39 is 17.6 Å². The van der Waals surface area contributed by atoms with Crippen LogP contribution < -0.4 is 5.32 Å². The molecule has 1 amide bonds. The summed E-state index contributed by atoms with van der Waals surface area (Å²) in [5, 5.41) is 2.38. The zero-order chi connectivity index (χ0) is 13.2. The summed E-state index contributed by atoms with van der Waals surface area (Å²) in [6, 6.07) is 3.21. The number of carbonyl (C=O) groups excluding carboxylic acids is 1. The number of hydrogen-bond acceptors (Lipinski definition) is 1. The van der Waals surface area contributed by atoms with E-state index in [9.17, 15) is 18.0 Å². The minimum absolute atomic E-state index is 0.146. The molecule has 2 nitrogen and oxygen atoms in total. The van der Waals surface area contributed by atoms with Gasteiger partial charge in [0.05, 0.1) is 5.56 Å². The highest BCUT2D eigenvalue weighted by molar-refractivity contribution is 6.03. The molecule has 1 rings (SSSR count). The van der Waals surface area contributed by atoms with Gasteiger partial charge in [-0.05, 0) is 31.5 Å². The molecule has 0 heterocycles. The first-order valence-electron chi connectivity index (χ1n) is 4.86. The van der Waals surface area contributed by atoms with Crippen LogP contribution in [0.4, 0.5) is 18.9 Å². The molecule has 0 aliphatic carbocycles. The number of rotatable bonds is 2. The molecule has 92 valence electrons. The van der Waals surface area contributed by atoms with Crippen molar-refractivity contribution in [2.75, 3.05) is 5.32 Å². The fourth-order valence-electron chi connectivity index (χ4n) is 1.16. The summed E-state index contributed by atoms with van der Waals surface area (Å²) in [6.07, 6.45) is -4.42. The lowest BCUT2D eigenvalue weighted by Gasteiger charge is -2.12. The summed E-state index contributed by atoms with van der Waals surface area (Å²) in [5.74, 6) is -0.493. The molecule has 0 saturated heterocycles. The van der Waals surface area contributed by atoms with Crippen molar-refractivity contribution in [1.29, 1.82) is 0 Å². The average molecular weight is 243 g/mol. The maximum atomic E-state index is 12.5. The second kappa shape index (κ2) is 4.61. The first-order chi connectivity index (χ1) is 7.71. The van der Waals surface area contributed by atoms with Crippen molar-refractivity contribution in [1.82, 2.24) is 0 Å². The quantitative estimate of drug-likeness (QED) is 0.791. The Labute approximate surface area is 97.1 Å². The fourth-order valence-corrected chi connectivity index (χ4v) is 1.16. The van der Waals surface area contributed by atoms with E-state index >= 15 is 0 Å². The zero-order valence-electron chi connectivity index (χ0n) is 9.48. The molecule has 0 bridgehead atoms. The van der Waals surface area contributed by atoms with Crippen LogP contribution >= 0.6 is 0 Å². The van der Waals surface area contributed by atoms with Crippen molar-refractivity contribution in [3.8, 4) is 0 Å². The van der Waals surface area contributed by atoms with Crippen molar-refractivity contribution in [2.45, 2.75) is 20.0 Å². The number of nitrogens with one attached hydrogen (secondary N) is 1. The van der Waals surface area contributed by atoms with Gasteiger partial charge in [0.25, 0.3) is 5.91 Å². The van der Waals surface area contributed by atoms with E-state index in [1.807, 2.05) is 0 Å². The van der Waals surface area contributed by atoms with Gasteiger partial charge in [0.2, 0.25) is 0 Å². The second-order valence-electron chi connectivity index (χ2n) is 3.76. The predicted octanol–water partition coefficient (Wildman–Crippen LogP) is 3.53. The van der Waals surface area contributed by atoms with E-state index in [-0.39, 0.29) is 11.3 Å². The molecule has 0 aromatic heterocycles. The summed E-state index contributed by atoms with van der Waals surface area (Å²) in [6.45, 7) is 6.52. The highest BCUT2D eigenvalue weighted by Crippen LogP contribution is 2.32. The van der Waals surface area contributed by atoms with Gasteiger partial charge in [-0.15, -0.1) is 0 Å². The number of anilines is 1. The Morgan fingerprint density at radius 1 is 1.35 bits per heavy atom. The van der Waals surface area contributed by atoms with Crippen molar-refractivity contribution in [3.63, 3.8) is 0 Å². The Bertz CT molecular complexity index is 463.